The number of aliphatic imine (C=N–C) groups is 1. The topological polar surface area (TPSA) is 65.5 Å². The Morgan fingerprint density at radius 2 is 1.89 bits per heavy atom. The largest absolute Gasteiger partial charge is 0.357 e. The van der Waals surface area contributed by atoms with Gasteiger partial charge in [-0.1, -0.05) is 22.0 Å². The number of halogens is 4. The standard InChI is InChI=1S/C19H21BrF2N4O.HI/c1-3-23-19(24-10-13-8-15(21)6-7-16(13)22)25-11-18(27)26-17-9-14(20)5-4-12(17)2;/h4-9H,3,10-11H2,1-2H3,(H,26,27)(H2,23,24,25);1H. The maximum Gasteiger partial charge on any atom is 0.243 e. The van der Waals surface area contributed by atoms with Crippen LogP contribution in [0.5, 0.6) is 0 Å². The molecule has 0 bridgehead atoms. The van der Waals surface area contributed by atoms with Gasteiger partial charge in [0.25, 0.3) is 0 Å². The zero-order valence-electron chi connectivity index (χ0n) is 15.5. The zero-order chi connectivity index (χ0) is 19.8. The van der Waals surface area contributed by atoms with Gasteiger partial charge in [0.1, 0.15) is 11.6 Å². The number of hydrogen-bond acceptors (Lipinski definition) is 2. The number of nitrogens with zero attached hydrogens (tertiary/aromatic N) is 1. The van der Waals surface area contributed by atoms with E-state index in [4.69, 9.17) is 0 Å². The number of benzene rings is 2. The molecular weight excluding hydrogens is 545 g/mol. The molecule has 1 amide bonds. The summed E-state index contributed by atoms with van der Waals surface area (Å²) >= 11 is 3.37. The van der Waals surface area contributed by atoms with Crippen molar-refractivity contribution >= 4 is 57.5 Å². The first-order valence-electron chi connectivity index (χ1n) is 8.41. The zero-order valence-corrected chi connectivity index (χ0v) is 19.4. The molecule has 28 heavy (non-hydrogen) atoms. The monoisotopic (exact) mass is 566 g/mol. The molecule has 0 aromatic heterocycles. The lowest BCUT2D eigenvalue weighted by Crippen LogP contribution is -2.41. The third-order valence-electron chi connectivity index (χ3n) is 3.65. The fourth-order valence-electron chi connectivity index (χ4n) is 2.26. The summed E-state index contributed by atoms with van der Waals surface area (Å²) in [7, 11) is 0. The Hall–Kier alpha value is -1.75. The van der Waals surface area contributed by atoms with Crippen molar-refractivity contribution in [3.8, 4) is 0 Å². The molecule has 2 aromatic carbocycles. The second kappa shape index (κ2) is 11.9. The van der Waals surface area contributed by atoms with Gasteiger partial charge >= 0.3 is 0 Å². The van der Waals surface area contributed by atoms with E-state index in [1.807, 2.05) is 32.0 Å². The van der Waals surface area contributed by atoms with Gasteiger partial charge in [-0.2, -0.15) is 0 Å². The fourth-order valence-corrected chi connectivity index (χ4v) is 2.62. The molecule has 0 unspecified atom stereocenters. The molecule has 0 atom stereocenters. The number of carbonyl (C=O) groups excluding carboxylic acids is 1. The van der Waals surface area contributed by atoms with Gasteiger partial charge in [0.2, 0.25) is 5.91 Å². The number of aryl methyl sites for hydroxylation is 1. The Morgan fingerprint density at radius 3 is 2.61 bits per heavy atom. The number of amides is 1. The molecule has 0 heterocycles. The van der Waals surface area contributed by atoms with Crippen LogP contribution in [0.15, 0.2) is 45.9 Å². The predicted molar refractivity (Wildman–Crippen MR) is 122 cm³/mol. The van der Waals surface area contributed by atoms with Crippen molar-refractivity contribution in [3.05, 3.63) is 63.6 Å². The third-order valence-corrected chi connectivity index (χ3v) is 4.14. The first-order chi connectivity index (χ1) is 12.9. The van der Waals surface area contributed by atoms with Gasteiger partial charge < -0.3 is 16.0 Å². The van der Waals surface area contributed by atoms with Crippen molar-refractivity contribution in [1.82, 2.24) is 10.6 Å². The van der Waals surface area contributed by atoms with Gasteiger partial charge in [0.15, 0.2) is 5.96 Å². The molecule has 0 aliphatic carbocycles. The molecule has 0 saturated heterocycles. The van der Waals surface area contributed by atoms with Crippen LogP contribution in [0.3, 0.4) is 0 Å². The maximum absolute atomic E-state index is 13.7. The number of guanidine groups is 1. The first kappa shape index (κ1) is 24.3. The summed E-state index contributed by atoms with van der Waals surface area (Å²) in [6.07, 6.45) is 0. The highest BCUT2D eigenvalue weighted by Crippen LogP contribution is 2.20. The first-order valence-corrected chi connectivity index (χ1v) is 9.20. The minimum Gasteiger partial charge on any atom is -0.357 e. The summed E-state index contributed by atoms with van der Waals surface area (Å²) in [5, 5.41) is 8.65. The minimum atomic E-state index is -0.529. The average Bonchev–Trinajstić information content (AvgIpc) is 2.63. The summed E-state index contributed by atoms with van der Waals surface area (Å²) < 4.78 is 27.8. The summed E-state index contributed by atoms with van der Waals surface area (Å²) in [5.41, 5.74) is 1.79. The minimum absolute atomic E-state index is 0. The van der Waals surface area contributed by atoms with E-state index in [1.54, 1.807) is 0 Å². The molecule has 2 aromatic rings. The molecule has 152 valence electrons. The van der Waals surface area contributed by atoms with Gasteiger partial charge in [-0.25, -0.2) is 13.8 Å². The summed E-state index contributed by atoms with van der Waals surface area (Å²) in [6.45, 7) is 4.25. The van der Waals surface area contributed by atoms with Crippen molar-refractivity contribution in [2.24, 2.45) is 4.99 Å². The van der Waals surface area contributed by atoms with Crippen molar-refractivity contribution in [2.75, 3.05) is 18.4 Å². The Morgan fingerprint density at radius 1 is 1.14 bits per heavy atom. The van der Waals surface area contributed by atoms with Crippen molar-refractivity contribution < 1.29 is 13.6 Å². The average molecular weight is 567 g/mol. The molecule has 0 spiro atoms. The van der Waals surface area contributed by atoms with Crippen LogP contribution in [0.25, 0.3) is 0 Å². The lowest BCUT2D eigenvalue weighted by molar-refractivity contribution is -0.115. The van der Waals surface area contributed by atoms with E-state index in [0.717, 1.165) is 28.2 Å². The van der Waals surface area contributed by atoms with E-state index in [9.17, 15) is 13.6 Å². The van der Waals surface area contributed by atoms with E-state index < -0.39 is 11.6 Å². The van der Waals surface area contributed by atoms with Crippen LogP contribution in [0.1, 0.15) is 18.1 Å². The second-order valence-electron chi connectivity index (χ2n) is 5.79. The molecule has 5 nitrogen and oxygen atoms in total. The van der Waals surface area contributed by atoms with Gasteiger partial charge in [0, 0.05) is 22.3 Å². The molecule has 0 fully saturated rings. The number of nitrogens with one attached hydrogen (secondary N) is 3. The predicted octanol–water partition coefficient (Wildman–Crippen LogP) is 4.35. The molecule has 9 heteroatoms. The van der Waals surface area contributed by atoms with Crippen LogP contribution in [0, 0.1) is 18.6 Å². The van der Waals surface area contributed by atoms with Crippen molar-refractivity contribution in [2.45, 2.75) is 20.4 Å². The van der Waals surface area contributed by atoms with Gasteiger partial charge in [-0.3, -0.25) is 4.79 Å². The van der Waals surface area contributed by atoms with Crippen LogP contribution >= 0.6 is 39.9 Å². The number of anilines is 1. The highest BCUT2D eigenvalue weighted by molar-refractivity contribution is 14.0. The van der Waals surface area contributed by atoms with Crippen LogP contribution in [0.4, 0.5) is 14.5 Å². The summed E-state index contributed by atoms with van der Waals surface area (Å²) in [5.74, 6) is -0.969. The smallest absolute Gasteiger partial charge is 0.243 e. The van der Waals surface area contributed by atoms with Gasteiger partial charge in [-0.15, -0.1) is 24.0 Å². The van der Waals surface area contributed by atoms with E-state index >= 15 is 0 Å². The molecule has 0 aliphatic rings. The molecule has 3 N–H and O–H groups in total. The lowest BCUT2D eigenvalue weighted by Gasteiger charge is -2.13. The van der Waals surface area contributed by atoms with E-state index in [0.29, 0.717) is 18.2 Å². The summed E-state index contributed by atoms with van der Waals surface area (Å²) in [4.78, 5) is 16.4. The second-order valence-corrected chi connectivity index (χ2v) is 6.71. The maximum atomic E-state index is 13.7. The Labute approximate surface area is 188 Å². The number of rotatable bonds is 6. The van der Waals surface area contributed by atoms with E-state index in [-0.39, 0.29) is 48.5 Å². The highest BCUT2D eigenvalue weighted by atomic mass is 127. The molecular formula is C19H22BrF2IN4O. The number of hydrogen-bond donors (Lipinski definition) is 3. The molecule has 0 radical (unpaired) electrons. The van der Waals surface area contributed by atoms with Gasteiger partial charge in [-0.05, 0) is 49.7 Å². The molecule has 2 rings (SSSR count). The van der Waals surface area contributed by atoms with Crippen molar-refractivity contribution in [1.29, 1.82) is 0 Å². The summed E-state index contributed by atoms with van der Waals surface area (Å²) in [6, 6.07) is 8.83. The molecule has 0 aliphatic heterocycles. The Bertz CT molecular complexity index is 849. The normalized spacial score (nSPS) is 10.8. The third kappa shape index (κ3) is 7.70. The van der Waals surface area contributed by atoms with Gasteiger partial charge in [0.05, 0.1) is 13.1 Å². The van der Waals surface area contributed by atoms with Crippen molar-refractivity contribution in [3.63, 3.8) is 0 Å². The number of carbonyl (C=O) groups is 1. The molecule has 0 saturated carbocycles. The van der Waals surface area contributed by atoms with E-state index in [1.165, 1.54) is 0 Å². The van der Waals surface area contributed by atoms with Crippen LogP contribution in [-0.4, -0.2) is 25.0 Å². The quantitative estimate of drug-likeness (QED) is 0.277. The highest BCUT2D eigenvalue weighted by Gasteiger charge is 2.08. The SMILES string of the molecule is CCNC(=NCc1cc(F)ccc1F)NCC(=O)Nc1cc(Br)ccc1C.I. The Balaban J connectivity index is 0.00000392. The van der Waals surface area contributed by atoms with Crippen LogP contribution in [0.2, 0.25) is 0 Å². The van der Waals surface area contributed by atoms with E-state index in [2.05, 4.69) is 36.9 Å². The fraction of sp³-hybridized carbons (Fsp3) is 0.263. The Kier molecular flexibility index (Phi) is 10.4. The van der Waals surface area contributed by atoms with Crippen LogP contribution in [-0.2, 0) is 11.3 Å². The van der Waals surface area contributed by atoms with Crippen LogP contribution < -0.4 is 16.0 Å². The lowest BCUT2D eigenvalue weighted by atomic mass is 10.2.